The van der Waals surface area contributed by atoms with Crippen LogP contribution >= 0.6 is 0 Å². The number of hydrogen-bond donors (Lipinski definition) is 13. The van der Waals surface area contributed by atoms with Crippen molar-refractivity contribution in [3.05, 3.63) is 11.6 Å². The summed E-state index contributed by atoms with van der Waals surface area (Å²) in [4.78, 5) is 13.2. The fourth-order valence-corrected chi connectivity index (χ4v) is 16.3. The molecule has 22 heteroatoms. The van der Waals surface area contributed by atoms with Gasteiger partial charge in [0.15, 0.2) is 25.2 Å². The molecule has 22 nitrogen and oxygen atoms in total. The number of aliphatic hydroxyl groups excluding tert-OH is 12. The average molecular weight is 1080 g/mol. The number of ether oxygens (including phenoxy) is 8. The largest absolute Gasteiger partial charge is 0.481 e. The summed E-state index contributed by atoms with van der Waals surface area (Å²) in [6.07, 6.45) is -22.4. The van der Waals surface area contributed by atoms with Gasteiger partial charge in [0.2, 0.25) is 0 Å². The van der Waals surface area contributed by atoms with Crippen molar-refractivity contribution in [1.82, 2.24) is 0 Å². The van der Waals surface area contributed by atoms with E-state index in [1.54, 1.807) is 0 Å². The molecule has 0 unspecified atom stereocenters. The third-order valence-electron chi connectivity index (χ3n) is 21.2. The molecule has 0 aromatic carbocycles. The fraction of sp³-hybridized carbons (Fsp3) is 0.943. The monoisotopic (exact) mass is 1070 g/mol. The van der Waals surface area contributed by atoms with Gasteiger partial charge in [0, 0.05) is 5.41 Å². The van der Waals surface area contributed by atoms with E-state index in [4.69, 9.17) is 37.9 Å². The van der Waals surface area contributed by atoms with Crippen molar-refractivity contribution in [2.75, 3.05) is 26.4 Å². The number of carbonyl (C=O) groups is 1. The van der Waals surface area contributed by atoms with Crippen LogP contribution in [0.4, 0.5) is 0 Å². The Morgan fingerprint density at radius 3 is 1.88 bits per heavy atom. The Labute approximate surface area is 437 Å². The Hall–Kier alpha value is -1.59. The Bertz CT molecular complexity index is 2060. The van der Waals surface area contributed by atoms with Gasteiger partial charge < -0.3 is 104 Å². The highest BCUT2D eigenvalue weighted by molar-refractivity contribution is 5.76. The second-order valence-corrected chi connectivity index (χ2v) is 25.7. The van der Waals surface area contributed by atoms with Crippen molar-refractivity contribution in [1.29, 1.82) is 0 Å². The minimum Gasteiger partial charge on any atom is -0.481 e. The highest BCUT2D eigenvalue weighted by Gasteiger charge is 2.70. The number of aliphatic hydroxyl groups is 12. The summed E-state index contributed by atoms with van der Waals surface area (Å²) in [7, 11) is 0. The fourth-order valence-electron chi connectivity index (χ4n) is 16.3. The highest BCUT2D eigenvalue weighted by Crippen LogP contribution is 2.76. The van der Waals surface area contributed by atoms with Crippen LogP contribution in [0.25, 0.3) is 0 Å². The van der Waals surface area contributed by atoms with Gasteiger partial charge in [0.05, 0.1) is 44.1 Å². The minimum absolute atomic E-state index is 0.0289. The summed E-state index contributed by atoms with van der Waals surface area (Å²) < 4.78 is 47.8. The molecule has 28 atom stereocenters. The summed E-state index contributed by atoms with van der Waals surface area (Å²) in [5.74, 6) is -0.514. The maximum absolute atomic E-state index is 13.2. The molecule has 8 fully saturated rings. The summed E-state index contributed by atoms with van der Waals surface area (Å²) in [5, 5.41) is 141. The number of allylic oxidation sites excluding steroid dienone is 2. The van der Waals surface area contributed by atoms with Gasteiger partial charge in [-0.2, -0.15) is 0 Å². The van der Waals surface area contributed by atoms with Gasteiger partial charge in [0.25, 0.3) is 0 Å². The van der Waals surface area contributed by atoms with Gasteiger partial charge in [-0.25, -0.2) is 0 Å². The summed E-state index contributed by atoms with van der Waals surface area (Å²) >= 11 is 0. The van der Waals surface area contributed by atoms with E-state index in [1.807, 2.05) is 6.92 Å². The summed E-state index contributed by atoms with van der Waals surface area (Å²) in [6, 6.07) is 0. The molecule has 13 N–H and O–H groups in total. The van der Waals surface area contributed by atoms with Crippen LogP contribution in [0.2, 0.25) is 0 Å². The lowest BCUT2D eigenvalue weighted by molar-refractivity contribution is -0.390. The third kappa shape index (κ3) is 9.40. The molecule has 0 amide bonds. The first-order valence-corrected chi connectivity index (χ1v) is 27.3. The highest BCUT2D eigenvalue weighted by atomic mass is 16.8. The summed E-state index contributed by atoms with van der Waals surface area (Å²) in [6.45, 7) is 12.9. The van der Waals surface area contributed by atoms with Crippen LogP contribution in [0.1, 0.15) is 113 Å². The summed E-state index contributed by atoms with van der Waals surface area (Å²) in [5.41, 5.74) is -0.839. The number of carboxylic acid groups (broad SMARTS) is 1. The maximum atomic E-state index is 13.2. The predicted octanol–water partition coefficient (Wildman–Crippen LogP) is -0.830. The van der Waals surface area contributed by atoms with Crippen LogP contribution in [0, 0.1) is 50.2 Å². The normalized spacial score (nSPS) is 54.9. The van der Waals surface area contributed by atoms with Crippen LogP contribution < -0.4 is 0 Å². The van der Waals surface area contributed by atoms with E-state index in [9.17, 15) is 71.2 Å². The van der Waals surface area contributed by atoms with Gasteiger partial charge >= 0.3 is 5.97 Å². The van der Waals surface area contributed by atoms with E-state index in [-0.39, 0.29) is 52.6 Å². The topological polar surface area (TPSA) is 354 Å². The van der Waals surface area contributed by atoms with Crippen LogP contribution in [0.5, 0.6) is 0 Å². The molecular formula is C53H86O22. The van der Waals surface area contributed by atoms with E-state index in [0.717, 1.165) is 44.9 Å². The van der Waals surface area contributed by atoms with Gasteiger partial charge in [-0.1, -0.05) is 53.2 Å². The smallest absolute Gasteiger partial charge is 0.310 e. The quantitative estimate of drug-likeness (QED) is 0.0838. The standard InChI is InChI=1S/C53H86O22/c1-23-32(58)41(74-44-38(64)36(62)40(28(20-55)71-44)73-43-37(63)35(61)34(60)27(19-54)70-43)39(65)45(69-23)75-42-33(59)26(57)21-68-46(42)72-31-11-12-49(4)29(50(31,5)22-56)10-13-52(7)30(49)9-8-24-25-18-48(2,3)14-16-53(25,47(66)67)17-15-51(24,52)6/h8,23,25-46,54-65H,9-22H2,1-7H3,(H,66,67)/t23-,25-,26+,27+,28+,29+,30+,31-,32-,33-,34+,35-,36+,37+,38+,39+,40+,41+,42+,43-,44-,45-,46-,49-,50-,51+,52+,53-/m0/s1. The molecule has 4 aliphatic heterocycles. The zero-order valence-electron chi connectivity index (χ0n) is 44.2. The molecule has 0 aromatic heterocycles. The number of aliphatic carboxylic acids is 1. The number of fused-ring (bicyclic) bond motifs is 7. The second-order valence-electron chi connectivity index (χ2n) is 25.7. The number of rotatable bonds is 12. The second kappa shape index (κ2) is 21.1. The molecule has 430 valence electrons. The number of hydrogen-bond acceptors (Lipinski definition) is 21. The van der Waals surface area contributed by atoms with E-state index in [1.165, 1.54) is 12.5 Å². The third-order valence-corrected chi connectivity index (χ3v) is 21.2. The van der Waals surface area contributed by atoms with E-state index in [2.05, 4.69) is 40.7 Å². The Balaban J connectivity index is 0.899. The molecule has 0 bridgehead atoms. The zero-order chi connectivity index (χ0) is 54.7. The first-order valence-electron chi connectivity index (χ1n) is 27.3. The van der Waals surface area contributed by atoms with Gasteiger partial charge in [0.1, 0.15) is 85.5 Å². The molecule has 9 aliphatic rings. The Morgan fingerprint density at radius 2 is 1.23 bits per heavy atom. The van der Waals surface area contributed by atoms with Crippen molar-refractivity contribution in [3.63, 3.8) is 0 Å². The molecule has 4 saturated heterocycles. The molecule has 0 spiro atoms. The van der Waals surface area contributed by atoms with Crippen molar-refractivity contribution in [2.45, 2.75) is 235 Å². The van der Waals surface area contributed by atoms with Crippen LogP contribution in [-0.2, 0) is 42.7 Å². The van der Waals surface area contributed by atoms with Crippen molar-refractivity contribution >= 4 is 5.97 Å². The molecule has 5 aliphatic carbocycles. The minimum atomic E-state index is -2.01. The molecule has 4 saturated carbocycles. The zero-order valence-corrected chi connectivity index (χ0v) is 44.2. The maximum Gasteiger partial charge on any atom is 0.310 e. The van der Waals surface area contributed by atoms with Crippen LogP contribution in [-0.4, -0.2) is 222 Å². The average Bonchev–Trinajstić information content (AvgIpc) is 3.44. The molecule has 0 aromatic rings. The van der Waals surface area contributed by atoms with Crippen molar-refractivity contribution < 1.29 is 109 Å². The Kier molecular flexibility index (Phi) is 16.3. The van der Waals surface area contributed by atoms with E-state index < -0.39 is 153 Å². The van der Waals surface area contributed by atoms with Crippen molar-refractivity contribution in [2.24, 2.45) is 50.2 Å². The van der Waals surface area contributed by atoms with Gasteiger partial charge in [-0.15, -0.1) is 0 Å². The van der Waals surface area contributed by atoms with Gasteiger partial charge in [-0.3, -0.25) is 4.79 Å². The molecule has 75 heavy (non-hydrogen) atoms. The van der Waals surface area contributed by atoms with E-state index in [0.29, 0.717) is 19.3 Å². The SMILES string of the molecule is C[C@@H]1O[C@@H](O[C@H]2[C@H](O[C@H]3CC[C@@]4(C)[C@@H](CC[C@]5(C)[C@@H]4CC=C4[C@@H]6CC(C)(C)CC[C@]6(C(=O)O)CC[C@]45C)[C@]3(C)CO)OC[C@@H](O)[C@@H]2O)[C@H](O)[C@H](O[C@@H]2O[C@H](CO)[C@@H](O[C@@H]3O[C@H](CO)[C@@H](O)[C@H](O)[C@H]3O)[C@H](O)[C@H]2O)[C@H]1O. The lowest BCUT2D eigenvalue weighted by Crippen LogP contribution is -2.67. The lowest BCUT2D eigenvalue weighted by Gasteiger charge is -2.71. The molecular weight excluding hydrogens is 989 g/mol. The van der Waals surface area contributed by atoms with Crippen molar-refractivity contribution in [3.8, 4) is 0 Å². The molecule has 0 radical (unpaired) electrons. The van der Waals surface area contributed by atoms with Gasteiger partial charge in [-0.05, 0) is 111 Å². The lowest BCUT2D eigenvalue weighted by atomic mass is 9.33. The molecule has 4 heterocycles. The van der Waals surface area contributed by atoms with Crippen LogP contribution in [0.3, 0.4) is 0 Å². The first kappa shape index (κ1) is 58.1. The first-order chi connectivity index (χ1) is 35.2. The molecule has 9 rings (SSSR count). The number of carboxylic acids is 1. The van der Waals surface area contributed by atoms with E-state index >= 15 is 0 Å². The Morgan fingerprint density at radius 1 is 0.613 bits per heavy atom. The van der Waals surface area contributed by atoms with Crippen LogP contribution in [0.15, 0.2) is 11.6 Å². The predicted molar refractivity (Wildman–Crippen MR) is 257 cm³/mol.